The van der Waals surface area contributed by atoms with E-state index in [4.69, 9.17) is 4.74 Å². The number of hydrogen-bond acceptors (Lipinski definition) is 5. The third-order valence-corrected chi connectivity index (χ3v) is 6.61. The Bertz CT molecular complexity index is 1300. The van der Waals surface area contributed by atoms with E-state index in [0.717, 1.165) is 0 Å². The maximum Gasteiger partial charge on any atom is 0.321 e. The fraction of sp³-hybridized carbons (Fsp3) is 0.321. The minimum atomic E-state index is -0.573. The van der Waals surface area contributed by atoms with Crippen LogP contribution in [-0.4, -0.2) is 70.7 Å². The molecule has 0 radical (unpaired) electrons. The van der Waals surface area contributed by atoms with Gasteiger partial charge in [-0.1, -0.05) is 31.2 Å². The number of hydrogen-bond donors (Lipinski definition) is 2. The summed E-state index contributed by atoms with van der Waals surface area (Å²) < 4.78 is 33.7. The molecular formula is C28H30F2N4O4. The number of pyridine rings is 1. The van der Waals surface area contributed by atoms with E-state index in [1.807, 2.05) is 6.92 Å². The molecule has 1 aromatic heterocycles. The zero-order valence-electron chi connectivity index (χ0n) is 21.4. The molecule has 200 valence electrons. The molecule has 1 aliphatic rings. The van der Waals surface area contributed by atoms with E-state index in [2.05, 4.69) is 10.3 Å². The number of carbonyl (C=O) groups is 2. The van der Waals surface area contributed by atoms with Crippen LogP contribution in [0.3, 0.4) is 0 Å². The van der Waals surface area contributed by atoms with Gasteiger partial charge in [-0.15, -0.1) is 0 Å². The van der Waals surface area contributed by atoms with Gasteiger partial charge in [-0.2, -0.15) is 0 Å². The highest BCUT2D eigenvalue weighted by molar-refractivity contribution is 5.98. The van der Waals surface area contributed by atoms with Crippen LogP contribution in [-0.2, 0) is 0 Å². The van der Waals surface area contributed by atoms with Gasteiger partial charge in [0.05, 0.1) is 24.9 Å². The number of aromatic nitrogens is 1. The van der Waals surface area contributed by atoms with E-state index in [9.17, 15) is 23.5 Å². The van der Waals surface area contributed by atoms with E-state index in [-0.39, 0.29) is 54.5 Å². The normalized spacial score (nSPS) is 18.1. The van der Waals surface area contributed by atoms with Crippen molar-refractivity contribution < 1.29 is 28.2 Å². The van der Waals surface area contributed by atoms with Gasteiger partial charge >= 0.3 is 6.03 Å². The topological polar surface area (TPSA) is 95.0 Å². The summed E-state index contributed by atoms with van der Waals surface area (Å²) in [6, 6.07) is 12.3. The summed E-state index contributed by atoms with van der Waals surface area (Å²) in [5.41, 5.74) is 1.53. The van der Waals surface area contributed by atoms with Crippen molar-refractivity contribution in [2.24, 2.45) is 5.92 Å². The first-order chi connectivity index (χ1) is 18.2. The number of urea groups is 1. The Kier molecular flexibility index (Phi) is 8.21. The number of para-hydroxylation sites is 1. The lowest BCUT2D eigenvalue weighted by atomic mass is 9.99. The number of likely N-dealkylation sites (N-methyl/N-ethyl adjacent to an activating group) is 1. The zero-order valence-corrected chi connectivity index (χ0v) is 21.4. The molecule has 0 aliphatic carbocycles. The van der Waals surface area contributed by atoms with E-state index in [0.29, 0.717) is 11.1 Å². The monoisotopic (exact) mass is 524 g/mol. The second-order valence-electron chi connectivity index (χ2n) is 9.50. The molecule has 3 amide bonds. The number of halogens is 2. The average Bonchev–Trinajstić information content (AvgIpc) is 2.91. The molecule has 10 heteroatoms. The molecule has 3 aromatic rings. The van der Waals surface area contributed by atoms with Crippen LogP contribution in [0.5, 0.6) is 5.88 Å². The minimum Gasteiger partial charge on any atom is -0.472 e. The summed E-state index contributed by atoms with van der Waals surface area (Å²) >= 11 is 0. The highest BCUT2D eigenvalue weighted by Gasteiger charge is 2.35. The fourth-order valence-electron chi connectivity index (χ4n) is 4.25. The summed E-state index contributed by atoms with van der Waals surface area (Å²) in [4.78, 5) is 33.7. The summed E-state index contributed by atoms with van der Waals surface area (Å²) in [5, 5.41) is 12.4. The number of aliphatic hydroxyl groups is 1. The lowest BCUT2D eigenvalue weighted by Gasteiger charge is -2.37. The number of aliphatic hydroxyl groups excluding tert-OH is 1. The molecule has 4 rings (SSSR count). The number of anilines is 1. The molecule has 0 spiro atoms. The predicted octanol–water partition coefficient (Wildman–Crippen LogP) is 4.41. The van der Waals surface area contributed by atoms with Crippen LogP contribution in [0.2, 0.25) is 0 Å². The Balaban J connectivity index is 1.63. The molecule has 0 saturated heterocycles. The van der Waals surface area contributed by atoms with E-state index in [1.54, 1.807) is 43.1 Å². The molecule has 0 unspecified atom stereocenters. The van der Waals surface area contributed by atoms with Crippen molar-refractivity contribution in [3.05, 3.63) is 78.0 Å². The molecule has 2 N–H and O–H groups in total. The van der Waals surface area contributed by atoms with Crippen LogP contribution in [0.15, 0.2) is 60.8 Å². The predicted molar refractivity (Wildman–Crippen MR) is 139 cm³/mol. The highest BCUT2D eigenvalue weighted by Crippen LogP contribution is 2.30. The van der Waals surface area contributed by atoms with Gasteiger partial charge in [-0.05, 0) is 42.8 Å². The molecule has 8 nitrogen and oxygen atoms in total. The van der Waals surface area contributed by atoms with Crippen LogP contribution in [0.4, 0.5) is 19.3 Å². The Morgan fingerprint density at radius 2 is 1.92 bits per heavy atom. The molecule has 2 heterocycles. The standard InChI is InChI=1S/C28H30F2N4O4/c1-17-14-34(18(2)16-35)27(36)22-12-20(19-8-10-21(29)11-9-19)13-31-26(22)38-25(17)15-33(3)28(37)32-24-7-5-4-6-23(24)30/h4-13,17-18,25,35H,14-16H2,1-3H3,(H,32,37)/t17-,18+,25+/m1/s1. The molecule has 0 bridgehead atoms. The third kappa shape index (κ3) is 5.91. The number of carbonyl (C=O) groups excluding carboxylic acids is 2. The van der Waals surface area contributed by atoms with Crippen molar-refractivity contribution >= 4 is 17.6 Å². The molecule has 0 saturated carbocycles. The van der Waals surface area contributed by atoms with Gasteiger partial charge in [0.2, 0.25) is 5.88 Å². The van der Waals surface area contributed by atoms with Crippen molar-refractivity contribution in [2.45, 2.75) is 26.0 Å². The van der Waals surface area contributed by atoms with Gasteiger partial charge in [0, 0.05) is 31.3 Å². The SMILES string of the molecule is C[C@@H]1CN([C@@H](C)CO)C(=O)c2cc(-c3ccc(F)cc3)cnc2O[C@H]1CN(C)C(=O)Nc1ccccc1F. The molecule has 0 fully saturated rings. The number of nitrogens with one attached hydrogen (secondary N) is 1. The van der Waals surface area contributed by atoms with Gasteiger partial charge in [0.25, 0.3) is 5.91 Å². The number of amides is 3. The van der Waals surface area contributed by atoms with Crippen LogP contribution in [0.25, 0.3) is 11.1 Å². The largest absolute Gasteiger partial charge is 0.472 e. The Morgan fingerprint density at radius 3 is 2.61 bits per heavy atom. The second-order valence-corrected chi connectivity index (χ2v) is 9.50. The van der Waals surface area contributed by atoms with Crippen LogP contribution < -0.4 is 10.1 Å². The van der Waals surface area contributed by atoms with Crippen molar-refractivity contribution in [3.8, 4) is 17.0 Å². The van der Waals surface area contributed by atoms with Crippen molar-refractivity contribution in [3.63, 3.8) is 0 Å². The van der Waals surface area contributed by atoms with Gasteiger partial charge in [-0.3, -0.25) is 4.79 Å². The number of nitrogens with zero attached hydrogens (tertiary/aromatic N) is 3. The smallest absolute Gasteiger partial charge is 0.321 e. The quantitative estimate of drug-likeness (QED) is 0.498. The van der Waals surface area contributed by atoms with Crippen LogP contribution in [0, 0.1) is 17.6 Å². The first-order valence-corrected chi connectivity index (χ1v) is 12.3. The third-order valence-electron chi connectivity index (χ3n) is 6.61. The Labute approximate surface area is 219 Å². The van der Waals surface area contributed by atoms with Crippen LogP contribution >= 0.6 is 0 Å². The maximum absolute atomic E-state index is 14.0. The van der Waals surface area contributed by atoms with Gasteiger partial charge in [0.15, 0.2) is 0 Å². The van der Waals surface area contributed by atoms with Crippen molar-refractivity contribution in [1.29, 1.82) is 0 Å². The lowest BCUT2D eigenvalue weighted by Crippen LogP contribution is -2.50. The van der Waals surface area contributed by atoms with Crippen molar-refractivity contribution in [1.82, 2.24) is 14.8 Å². The summed E-state index contributed by atoms with van der Waals surface area (Å²) in [5.74, 6) is -1.44. The van der Waals surface area contributed by atoms with Crippen LogP contribution in [0.1, 0.15) is 24.2 Å². The molecule has 2 aromatic carbocycles. The molecule has 3 atom stereocenters. The number of fused-ring (bicyclic) bond motifs is 1. The lowest BCUT2D eigenvalue weighted by molar-refractivity contribution is 0.0356. The first-order valence-electron chi connectivity index (χ1n) is 12.3. The molecule has 38 heavy (non-hydrogen) atoms. The second kappa shape index (κ2) is 11.6. The van der Waals surface area contributed by atoms with Gasteiger partial charge < -0.3 is 25.0 Å². The summed E-state index contributed by atoms with van der Waals surface area (Å²) in [7, 11) is 1.57. The Morgan fingerprint density at radius 1 is 1.21 bits per heavy atom. The molecular weight excluding hydrogens is 494 g/mol. The number of ether oxygens (including phenoxy) is 1. The summed E-state index contributed by atoms with van der Waals surface area (Å²) in [6.45, 7) is 3.77. The summed E-state index contributed by atoms with van der Waals surface area (Å²) in [6.07, 6.45) is 0.965. The van der Waals surface area contributed by atoms with E-state index in [1.165, 1.54) is 41.4 Å². The van der Waals surface area contributed by atoms with E-state index >= 15 is 0 Å². The highest BCUT2D eigenvalue weighted by atomic mass is 19.1. The fourth-order valence-corrected chi connectivity index (χ4v) is 4.25. The first kappa shape index (κ1) is 27.0. The van der Waals surface area contributed by atoms with E-state index < -0.39 is 24.0 Å². The number of benzene rings is 2. The minimum absolute atomic E-state index is 0.0601. The van der Waals surface area contributed by atoms with Crippen molar-refractivity contribution in [2.75, 3.05) is 32.1 Å². The number of rotatable bonds is 6. The van der Waals surface area contributed by atoms with Gasteiger partial charge in [0.1, 0.15) is 23.3 Å². The zero-order chi connectivity index (χ0) is 27.4. The Hall–Kier alpha value is -4.05. The molecule has 1 aliphatic heterocycles. The van der Waals surface area contributed by atoms with Gasteiger partial charge in [-0.25, -0.2) is 18.6 Å². The maximum atomic E-state index is 14.0. The average molecular weight is 525 g/mol.